The molecule has 0 aliphatic carbocycles. The Labute approximate surface area is 104 Å². The molecule has 0 saturated carbocycles. The number of carbonyl (C=O) groups is 1. The first-order valence-corrected chi connectivity index (χ1v) is 6.50. The summed E-state index contributed by atoms with van der Waals surface area (Å²) < 4.78 is 0. The summed E-state index contributed by atoms with van der Waals surface area (Å²) >= 11 is 0. The third kappa shape index (κ3) is 4.28. The summed E-state index contributed by atoms with van der Waals surface area (Å²) in [6, 6.07) is 0. The molecular formula is C13H26N2O2. The van der Waals surface area contributed by atoms with E-state index in [-0.39, 0.29) is 23.3 Å². The Balaban J connectivity index is 2.36. The number of hydrogen-bond donors (Lipinski definition) is 3. The van der Waals surface area contributed by atoms with Gasteiger partial charge in [-0.2, -0.15) is 0 Å². The van der Waals surface area contributed by atoms with Crippen molar-refractivity contribution in [2.75, 3.05) is 26.2 Å². The number of carbonyl (C=O) groups excluding carboxylic acids is 1. The average Bonchev–Trinajstić information content (AvgIpc) is 2.72. The van der Waals surface area contributed by atoms with Crippen LogP contribution < -0.4 is 10.6 Å². The number of nitrogens with one attached hydrogen (secondary N) is 2. The smallest absolute Gasteiger partial charge is 0.227 e. The van der Waals surface area contributed by atoms with Crippen molar-refractivity contribution < 1.29 is 9.90 Å². The van der Waals surface area contributed by atoms with Crippen LogP contribution in [-0.2, 0) is 4.79 Å². The van der Waals surface area contributed by atoms with Crippen LogP contribution in [0.2, 0.25) is 0 Å². The zero-order chi connectivity index (χ0) is 12.9. The zero-order valence-electron chi connectivity index (χ0n) is 11.3. The maximum Gasteiger partial charge on any atom is 0.227 e. The minimum absolute atomic E-state index is 0.0563. The van der Waals surface area contributed by atoms with Gasteiger partial charge < -0.3 is 15.7 Å². The standard InChI is InChI=1S/C13H26N2O2/c1-12(2,5-4-8-16)9-15-11(17)13(3)6-7-14-10-13/h14,16H,4-10H2,1-3H3,(H,15,17). The molecule has 0 aromatic rings. The molecule has 0 bridgehead atoms. The van der Waals surface area contributed by atoms with Crippen LogP contribution in [0.1, 0.15) is 40.0 Å². The second kappa shape index (κ2) is 5.83. The van der Waals surface area contributed by atoms with Crippen molar-refractivity contribution in [1.29, 1.82) is 0 Å². The molecule has 1 amide bonds. The Morgan fingerprint density at radius 1 is 1.53 bits per heavy atom. The molecule has 4 nitrogen and oxygen atoms in total. The lowest BCUT2D eigenvalue weighted by Gasteiger charge is -2.28. The van der Waals surface area contributed by atoms with E-state index in [4.69, 9.17) is 5.11 Å². The number of amides is 1. The molecule has 1 unspecified atom stereocenters. The molecule has 1 rings (SSSR count). The lowest BCUT2D eigenvalue weighted by Crippen LogP contribution is -2.44. The van der Waals surface area contributed by atoms with Crippen LogP contribution in [0.5, 0.6) is 0 Å². The van der Waals surface area contributed by atoms with Crippen LogP contribution in [0, 0.1) is 10.8 Å². The molecule has 1 saturated heterocycles. The molecule has 1 aliphatic heterocycles. The van der Waals surface area contributed by atoms with E-state index in [0.29, 0.717) is 6.54 Å². The lowest BCUT2D eigenvalue weighted by molar-refractivity contribution is -0.129. The van der Waals surface area contributed by atoms with Gasteiger partial charge in [0.05, 0.1) is 5.41 Å². The molecule has 17 heavy (non-hydrogen) atoms. The summed E-state index contributed by atoms with van der Waals surface area (Å²) in [5, 5.41) is 15.1. The van der Waals surface area contributed by atoms with Gasteiger partial charge in [0.25, 0.3) is 0 Å². The SMILES string of the molecule is CC(C)(CCCO)CNC(=O)C1(C)CCNC1. The van der Waals surface area contributed by atoms with Gasteiger partial charge in [-0.1, -0.05) is 13.8 Å². The van der Waals surface area contributed by atoms with Gasteiger partial charge in [-0.05, 0) is 38.1 Å². The average molecular weight is 242 g/mol. The van der Waals surface area contributed by atoms with E-state index in [9.17, 15) is 4.79 Å². The Hall–Kier alpha value is -0.610. The van der Waals surface area contributed by atoms with Gasteiger partial charge in [-0.15, -0.1) is 0 Å². The highest BCUT2D eigenvalue weighted by atomic mass is 16.2. The molecule has 1 atom stereocenters. The zero-order valence-corrected chi connectivity index (χ0v) is 11.3. The van der Waals surface area contributed by atoms with Gasteiger partial charge >= 0.3 is 0 Å². The van der Waals surface area contributed by atoms with Crippen molar-refractivity contribution in [3.05, 3.63) is 0 Å². The van der Waals surface area contributed by atoms with Crippen LogP contribution in [-0.4, -0.2) is 37.3 Å². The minimum atomic E-state index is -0.243. The molecule has 1 aliphatic rings. The quantitative estimate of drug-likeness (QED) is 0.648. The Morgan fingerprint density at radius 2 is 2.24 bits per heavy atom. The van der Waals surface area contributed by atoms with E-state index in [1.165, 1.54) is 0 Å². The molecule has 3 N–H and O–H groups in total. The molecule has 0 aromatic heterocycles. The molecule has 0 aromatic carbocycles. The number of rotatable bonds is 6. The van der Waals surface area contributed by atoms with Gasteiger partial charge in [0, 0.05) is 19.7 Å². The van der Waals surface area contributed by atoms with Crippen molar-refractivity contribution >= 4 is 5.91 Å². The van der Waals surface area contributed by atoms with E-state index < -0.39 is 0 Å². The van der Waals surface area contributed by atoms with Crippen LogP contribution >= 0.6 is 0 Å². The summed E-state index contributed by atoms with van der Waals surface area (Å²) in [6.07, 6.45) is 2.64. The van der Waals surface area contributed by atoms with Crippen LogP contribution in [0.15, 0.2) is 0 Å². The van der Waals surface area contributed by atoms with E-state index in [2.05, 4.69) is 24.5 Å². The lowest BCUT2D eigenvalue weighted by atomic mass is 9.85. The molecule has 0 spiro atoms. The van der Waals surface area contributed by atoms with E-state index in [0.717, 1.165) is 32.4 Å². The number of hydrogen-bond acceptors (Lipinski definition) is 3. The third-order valence-electron chi connectivity index (χ3n) is 3.66. The van der Waals surface area contributed by atoms with Crippen LogP contribution in [0.25, 0.3) is 0 Å². The summed E-state index contributed by atoms with van der Waals surface area (Å²) in [4.78, 5) is 12.1. The normalized spacial score (nSPS) is 24.9. The predicted octanol–water partition coefficient (Wildman–Crippen LogP) is 0.901. The molecule has 1 fully saturated rings. The van der Waals surface area contributed by atoms with E-state index in [1.54, 1.807) is 0 Å². The topological polar surface area (TPSA) is 61.4 Å². The first kappa shape index (κ1) is 14.5. The fourth-order valence-corrected chi connectivity index (χ4v) is 2.19. The van der Waals surface area contributed by atoms with E-state index in [1.807, 2.05) is 6.92 Å². The monoisotopic (exact) mass is 242 g/mol. The van der Waals surface area contributed by atoms with Crippen molar-refractivity contribution in [1.82, 2.24) is 10.6 Å². The second-order valence-electron chi connectivity index (χ2n) is 6.16. The number of aliphatic hydroxyl groups excluding tert-OH is 1. The van der Waals surface area contributed by atoms with Gasteiger partial charge in [0.1, 0.15) is 0 Å². The molecule has 100 valence electrons. The molecule has 0 radical (unpaired) electrons. The van der Waals surface area contributed by atoms with E-state index >= 15 is 0 Å². The predicted molar refractivity (Wildman–Crippen MR) is 68.7 cm³/mol. The van der Waals surface area contributed by atoms with Crippen molar-refractivity contribution in [2.24, 2.45) is 10.8 Å². The highest BCUT2D eigenvalue weighted by molar-refractivity contribution is 5.82. The first-order chi connectivity index (χ1) is 7.90. The summed E-state index contributed by atoms with van der Waals surface area (Å²) in [5.41, 5.74) is -0.187. The fourth-order valence-electron chi connectivity index (χ4n) is 2.19. The Bertz CT molecular complexity index is 258. The summed E-state index contributed by atoms with van der Waals surface area (Å²) in [5.74, 6) is 0.152. The third-order valence-corrected chi connectivity index (χ3v) is 3.66. The number of aliphatic hydroxyl groups is 1. The van der Waals surface area contributed by atoms with Crippen molar-refractivity contribution in [3.8, 4) is 0 Å². The summed E-state index contributed by atoms with van der Waals surface area (Å²) in [6.45, 7) is 8.87. The fraction of sp³-hybridized carbons (Fsp3) is 0.923. The second-order valence-corrected chi connectivity index (χ2v) is 6.16. The largest absolute Gasteiger partial charge is 0.396 e. The van der Waals surface area contributed by atoms with Gasteiger partial charge in [-0.3, -0.25) is 4.79 Å². The summed E-state index contributed by atoms with van der Waals surface area (Å²) in [7, 11) is 0. The minimum Gasteiger partial charge on any atom is -0.396 e. The van der Waals surface area contributed by atoms with Crippen molar-refractivity contribution in [3.63, 3.8) is 0 Å². The van der Waals surface area contributed by atoms with Crippen LogP contribution in [0.3, 0.4) is 0 Å². The van der Waals surface area contributed by atoms with Gasteiger partial charge in [-0.25, -0.2) is 0 Å². The van der Waals surface area contributed by atoms with Gasteiger partial charge in [0.15, 0.2) is 0 Å². The first-order valence-electron chi connectivity index (χ1n) is 6.50. The highest BCUT2D eigenvalue weighted by Crippen LogP contribution is 2.26. The van der Waals surface area contributed by atoms with Gasteiger partial charge in [0.2, 0.25) is 5.91 Å². The Kier molecular flexibility index (Phi) is 4.95. The maximum absolute atomic E-state index is 12.1. The maximum atomic E-state index is 12.1. The van der Waals surface area contributed by atoms with Crippen molar-refractivity contribution in [2.45, 2.75) is 40.0 Å². The molecular weight excluding hydrogens is 216 g/mol. The molecule has 1 heterocycles. The Morgan fingerprint density at radius 3 is 2.76 bits per heavy atom. The highest BCUT2D eigenvalue weighted by Gasteiger charge is 2.36. The van der Waals surface area contributed by atoms with Crippen LogP contribution in [0.4, 0.5) is 0 Å². The molecule has 4 heteroatoms.